The lowest BCUT2D eigenvalue weighted by molar-refractivity contribution is -0.176. The van der Waals surface area contributed by atoms with Crippen molar-refractivity contribution >= 4 is 5.95 Å². The third kappa shape index (κ3) is 5.78. The average molecular weight is 297 g/mol. The lowest BCUT2D eigenvalue weighted by Crippen LogP contribution is -2.16. The Morgan fingerprint density at radius 1 is 1.00 bits per heavy atom. The van der Waals surface area contributed by atoms with Gasteiger partial charge in [0.15, 0.2) is 0 Å². The highest BCUT2D eigenvalue weighted by atomic mass is 19.4. The Morgan fingerprint density at radius 3 is 2.24 bits per heavy atom. The maximum Gasteiger partial charge on any atom is 0.411 e. The summed E-state index contributed by atoms with van der Waals surface area (Å²) in [7, 11) is 0. The molecule has 1 aromatic heterocycles. The molecule has 0 saturated heterocycles. The van der Waals surface area contributed by atoms with Crippen molar-refractivity contribution in [2.75, 3.05) is 11.9 Å². The number of hydrogen-bond acceptors (Lipinski definition) is 4. The van der Waals surface area contributed by atoms with Crippen molar-refractivity contribution in [3.63, 3.8) is 0 Å². The molecule has 112 valence electrons. The lowest BCUT2D eigenvalue weighted by Gasteiger charge is -2.08. The molecule has 1 N–H and O–H groups in total. The topological polar surface area (TPSA) is 47.0 Å². The van der Waals surface area contributed by atoms with E-state index in [2.05, 4.69) is 20.0 Å². The molecule has 0 aliphatic rings. The van der Waals surface area contributed by atoms with Gasteiger partial charge in [0.25, 0.3) is 0 Å². The van der Waals surface area contributed by atoms with Crippen LogP contribution in [0, 0.1) is 0 Å². The van der Waals surface area contributed by atoms with Crippen molar-refractivity contribution in [3.05, 3.63) is 53.9 Å². The highest BCUT2D eigenvalue weighted by molar-refractivity contribution is 5.28. The van der Waals surface area contributed by atoms with Crippen LogP contribution in [-0.4, -0.2) is 22.8 Å². The Balaban J connectivity index is 1.79. The van der Waals surface area contributed by atoms with Crippen molar-refractivity contribution in [3.8, 4) is 0 Å². The predicted molar refractivity (Wildman–Crippen MR) is 71.5 cm³/mol. The molecule has 0 aliphatic heterocycles. The summed E-state index contributed by atoms with van der Waals surface area (Å²) in [6, 6.07) is 8.84. The van der Waals surface area contributed by atoms with Gasteiger partial charge in [0.05, 0.1) is 6.61 Å². The van der Waals surface area contributed by atoms with Gasteiger partial charge in [0.1, 0.15) is 6.61 Å². The van der Waals surface area contributed by atoms with E-state index < -0.39 is 12.8 Å². The molecule has 0 spiro atoms. The monoisotopic (exact) mass is 297 g/mol. The number of nitrogens with one attached hydrogen (secondary N) is 1. The number of hydrogen-bond donors (Lipinski definition) is 1. The predicted octanol–water partition coefficient (Wildman–Crippen LogP) is 3.17. The molecule has 1 heterocycles. The summed E-state index contributed by atoms with van der Waals surface area (Å²) in [6.45, 7) is -0.760. The van der Waals surface area contributed by atoms with E-state index in [1.807, 2.05) is 12.1 Å². The zero-order valence-corrected chi connectivity index (χ0v) is 11.1. The normalized spacial score (nSPS) is 11.4. The number of rotatable bonds is 6. The number of nitrogens with zero attached hydrogens (tertiary/aromatic N) is 2. The molecule has 0 radical (unpaired) electrons. The zero-order chi connectivity index (χ0) is 15.1. The molecule has 0 fully saturated rings. The highest BCUT2D eigenvalue weighted by Crippen LogP contribution is 2.16. The molecule has 7 heteroatoms. The van der Waals surface area contributed by atoms with Crippen LogP contribution in [0.3, 0.4) is 0 Å². The number of alkyl halides is 3. The zero-order valence-electron chi connectivity index (χ0n) is 11.1. The molecule has 1 aromatic carbocycles. The van der Waals surface area contributed by atoms with Crippen LogP contribution in [0.4, 0.5) is 19.1 Å². The van der Waals surface area contributed by atoms with Crippen molar-refractivity contribution in [1.82, 2.24) is 9.97 Å². The van der Waals surface area contributed by atoms with Gasteiger partial charge in [-0.25, -0.2) is 9.97 Å². The third-order valence-corrected chi connectivity index (χ3v) is 2.57. The minimum absolute atomic E-state index is 0.0605. The van der Waals surface area contributed by atoms with Crippen molar-refractivity contribution in [2.24, 2.45) is 0 Å². The Labute approximate surface area is 120 Å². The third-order valence-electron chi connectivity index (χ3n) is 2.57. The molecule has 4 nitrogen and oxygen atoms in total. The second-order valence-electron chi connectivity index (χ2n) is 4.35. The summed E-state index contributed by atoms with van der Waals surface area (Å²) in [5, 5.41) is 3.04. The number of halogens is 3. The molecule has 2 aromatic rings. The number of benzene rings is 1. The second-order valence-corrected chi connectivity index (χ2v) is 4.35. The van der Waals surface area contributed by atoms with Gasteiger partial charge in [-0.05, 0) is 17.2 Å². The first-order valence-corrected chi connectivity index (χ1v) is 6.26. The number of aromatic nitrogens is 2. The first-order chi connectivity index (χ1) is 10.0. The van der Waals surface area contributed by atoms with Gasteiger partial charge in [0, 0.05) is 18.9 Å². The highest BCUT2D eigenvalue weighted by Gasteiger charge is 2.27. The maximum absolute atomic E-state index is 11.9. The quantitative estimate of drug-likeness (QED) is 0.889. The van der Waals surface area contributed by atoms with Gasteiger partial charge in [0.2, 0.25) is 5.95 Å². The summed E-state index contributed by atoms with van der Waals surface area (Å²) in [4.78, 5) is 8.05. The average Bonchev–Trinajstić information content (AvgIpc) is 2.46. The molecule has 21 heavy (non-hydrogen) atoms. The molecule has 0 atom stereocenters. The minimum Gasteiger partial charge on any atom is -0.367 e. The smallest absolute Gasteiger partial charge is 0.367 e. The van der Waals surface area contributed by atoms with Gasteiger partial charge < -0.3 is 10.1 Å². The van der Waals surface area contributed by atoms with Gasteiger partial charge >= 0.3 is 6.18 Å². The first kappa shape index (κ1) is 15.2. The molecule has 0 amide bonds. The SMILES string of the molecule is FC(F)(F)COCc1ccc(CNc2ncccn2)cc1. The van der Waals surface area contributed by atoms with Gasteiger partial charge in [-0.2, -0.15) is 13.2 Å². The van der Waals surface area contributed by atoms with Crippen molar-refractivity contribution in [2.45, 2.75) is 19.3 Å². The molecule has 0 unspecified atom stereocenters. The van der Waals surface area contributed by atoms with Crippen molar-refractivity contribution < 1.29 is 17.9 Å². The fourth-order valence-electron chi connectivity index (χ4n) is 1.61. The summed E-state index contributed by atoms with van der Waals surface area (Å²) >= 11 is 0. The first-order valence-electron chi connectivity index (χ1n) is 6.26. The van der Waals surface area contributed by atoms with Crippen LogP contribution in [0.1, 0.15) is 11.1 Å². The minimum atomic E-state index is -4.29. The number of ether oxygens (including phenoxy) is 1. The fourth-order valence-corrected chi connectivity index (χ4v) is 1.61. The van der Waals surface area contributed by atoms with E-state index in [9.17, 15) is 13.2 Å². The van der Waals surface area contributed by atoms with E-state index in [-0.39, 0.29) is 6.61 Å². The molecule has 0 saturated carbocycles. The Morgan fingerprint density at radius 2 is 1.62 bits per heavy atom. The van der Waals surface area contributed by atoms with E-state index in [0.29, 0.717) is 18.1 Å². The van der Waals surface area contributed by atoms with Crippen LogP contribution in [0.15, 0.2) is 42.7 Å². The molecule has 0 aliphatic carbocycles. The molecule has 0 bridgehead atoms. The summed E-state index contributed by atoms with van der Waals surface area (Å²) in [5.74, 6) is 0.523. The van der Waals surface area contributed by atoms with Crippen LogP contribution in [-0.2, 0) is 17.9 Å². The largest absolute Gasteiger partial charge is 0.411 e. The molecule has 2 rings (SSSR count). The number of anilines is 1. The fraction of sp³-hybridized carbons (Fsp3) is 0.286. The van der Waals surface area contributed by atoms with Gasteiger partial charge in [-0.3, -0.25) is 0 Å². The Hall–Kier alpha value is -2.15. The van der Waals surface area contributed by atoms with Crippen LogP contribution in [0.5, 0.6) is 0 Å². The van der Waals surface area contributed by atoms with E-state index in [0.717, 1.165) is 5.56 Å². The molecular formula is C14H14F3N3O. The van der Waals surface area contributed by atoms with Crippen LogP contribution >= 0.6 is 0 Å². The maximum atomic E-state index is 11.9. The van der Waals surface area contributed by atoms with E-state index in [1.165, 1.54) is 0 Å². The van der Waals surface area contributed by atoms with Crippen LogP contribution in [0.25, 0.3) is 0 Å². The van der Waals surface area contributed by atoms with Crippen LogP contribution in [0.2, 0.25) is 0 Å². The summed E-state index contributed by atoms with van der Waals surface area (Å²) in [6.07, 6.45) is -1.02. The van der Waals surface area contributed by atoms with Gasteiger partial charge in [-0.1, -0.05) is 24.3 Å². The van der Waals surface area contributed by atoms with Crippen molar-refractivity contribution in [1.29, 1.82) is 0 Å². The van der Waals surface area contributed by atoms with E-state index >= 15 is 0 Å². The summed E-state index contributed by atoms with van der Waals surface area (Å²) in [5.41, 5.74) is 1.67. The summed E-state index contributed by atoms with van der Waals surface area (Å²) < 4.78 is 40.4. The standard InChI is InChI=1S/C14H14F3N3O/c15-14(16,17)10-21-9-12-4-2-11(3-5-12)8-20-13-18-6-1-7-19-13/h1-7H,8-10H2,(H,18,19,20). The molecular weight excluding hydrogens is 283 g/mol. The van der Waals surface area contributed by atoms with Crippen LogP contribution < -0.4 is 5.32 Å². The van der Waals surface area contributed by atoms with E-state index in [1.54, 1.807) is 30.6 Å². The lowest BCUT2D eigenvalue weighted by atomic mass is 10.1. The second kappa shape index (κ2) is 7.03. The Bertz CT molecular complexity index is 544. The Kier molecular flexibility index (Phi) is 5.10. The van der Waals surface area contributed by atoms with Gasteiger partial charge in [-0.15, -0.1) is 0 Å². The van der Waals surface area contributed by atoms with E-state index in [4.69, 9.17) is 0 Å².